The Bertz CT molecular complexity index is 807. The average molecular weight is 352 g/mol. The summed E-state index contributed by atoms with van der Waals surface area (Å²) in [5.41, 5.74) is 2.01. The Labute approximate surface area is 153 Å². The predicted molar refractivity (Wildman–Crippen MR) is 100 cm³/mol. The third kappa shape index (κ3) is 2.89. The van der Waals surface area contributed by atoms with E-state index in [1.807, 2.05) is 23.1 Å². The van der Waals surface area contributed by atoms with Crippen molar-refractivity contribution in [3.05, 3.63) is 42.2 Å². The molecule has 3 atom stereocenters. The van der Waals surface area contributed by atoms with Gasteiger partial charge >= 0.3 is 0 Å². The number of nitrogens with zero attached hydrogens (tertiary/aromatic N) is 3. The molecule has 0 radical (unpaired) electrons. The van der Waals surface area contributed by atoms with E-state index in [2.05, 4.69) is 22.2 Å². The second-order valence-corrected chi connectivity index (χ2v) is 7.20. The summed E-state index contributed by atoms with van der Waals surface area (Å²) in [5.74, 6) is 2.27. The first-order valence-corrected chi connectivity index (χ1v) is 9.11. The Balaban J connectivity index is 1.81. The minimum atomic E-state index is 0.0173. The van der Waals surface area contributed by atoms with E-state index in [9.17, 15) is 4.79 Å². The number of fused-ring (bicyclic) bond motifs is 1. The van der Waals surface area contributed by atoms with Crippen LogP contribution in [0.5, 0.6) is 5.75 Å². The van der Waals surface area contributed by atoms with Crippen LogP contribution in [0.25, 0.3) is 0 Å². The van der Waals surface area contributed by atoms with E-state index in [1.165, 1.54) is 12.8 Å². The molecular weight excluding hydrogens is 328 g/mol. The molecule has 6 heteroatoms. The van der Waals surface area contributed by atoms with Gasteiger partial charge in [0.05, 0.1) is 13.2 Å². The maximum Gasteiger partial charge on any atom is 0.224 e. The average Bonchev–Trinajstić information content (AvgIpc) is 3.48. The van der Waals surface area contributed by atoms with Crippen LogP contribution in [-0.2, 0) is 4.79 Å². The summed E-state index contributed by atoms with van der Waals surface area (Å²) in [4.78, 5) is 23.2. The number of amides is 1. The number of carbonyl (C=O) groups excluding carboxylic acids is 1. The molecule has 2 heterocycles. The fourth-order valence-electron chi connectivity index (χ4n) is 4.18. The molecule has 0 saturated heterocycles. The Morgan fingerprint density at radius 1 is 1.27 bits per heavy atom. The van der Waals surface area contributed by atoms with Gasteiger partial charge in [-0.3, -0.25) is 4.79 Å². The summed E-state index contributed by atoms with van der Waals surface area (Å²) in [6.45, 7) is 3.87. The molecular formula is C20H24N4O2. The largest absolute Gasteiger partial charge is 0.497 e. The molecule has 1 saturated carbocycles. The van der Waals surface area contributed by atoms with E-state index in [-0.39, 0.29) is 23.9 Å². The van der Waals surface area contributed by atoms with Crippen LogP contribution in [0.15, 0.2) is 36.7 Å². The number of nitrogens with one attached hydrogen (secondary N) is 1. The van der Waals surface area contributed by atoms with Crippen molar-refractivity contribution in [2.45, 2.75) is 38.8 Å². The summed E-state index contributed by atoms with van der Waals surface area (Å²) in [6, 6.07) is 7.95. The molecule has 1 aromatic carbocycles. The molecule has 136 valence electrons. The second-order valence-electron chi connectivity index (χ2n) is 7.20. The van der Waals surface area contributed by atoms with E-state index in [0.29, 0.717) is 11.9 Å². The summed E-state index contributed by atoms with van der Waals surface area (Å²) in [7, 11) is 1.66. The minimum absolute atomic E-state index is 0.0173. The number of carbonyl (C=O) groups is 1. The molecule has 1 N–H and O–H groups in total. The van der Waals surface area contributed by atoms with Crippen molar-refractivity contribution in [1.82, 2.24) is 9.97 Å². The lowest BCUT2D eigenvalue weighted by Gasteiger charge is -2.45. The van der Waals surface area contributed by atoms with Gasteiger partial charge in [-0.05, 0) is 43.0 Å². The van der Waals surface area contributed by atoms with E-state index < -0.39 is 0 Å². The zero-order valence-corrected chi connectivity index (χ0v) is 15.3. The third-order valence-corrected chi connectivity index (χ3v) is 5.49. The van der Waals surface area contributed by atoms with Crippen molar-refractivity contribution in [3.8, 4) is 5.75 Å². The molecule has 2 aliphatic rings. The molecule has 26 heavy (non-hydrogen) atoms. The number of anilines is 2. The van der Waals surface area contributed by atoms with Crippen molar-refractivity contribution >= 4 is 17.5 Å². The summed E-state index contributed by atoms with van der Waals surface area (Å²) >= 11 is 0. The van der Waals surface area contributed by atoms with E-state index >= 15 is 0 Å². The zero-order chi connectivity index (χ0) is 18.3. The highest BCUT2D eigenvalue weighted by molar-refractivity contribution is 5.94. The molecule has 1 aliphatic carbocycles. The highest BCUT2D eigenvalue weighted by Gasteiger charge is 2.47. The third-order valence-electron chi connectivity index (χ3n) is 5.49. The van der Waals surface area contributed by atoms with Crippen LogP contribution in [0.4, 0.5) is 11.6 Å². The smallest absolute Gasteiger partial charge is 0.224 e. The number of benzene rings is 1. The number of hydrogen-bond donors (Lipinski definition) is 1. The fourth-order valence-corrected chi connectivity index (χ4v) is 4.18. The Morgan fingerprint density at radius 2 is 2.00 bits per heavy atom. The quantitative estimate of drug-likeness (QED) is 0.913. The lowest BCUT2D eigenvalue weighted by molar-refractivity contribution is -0.117. The van der Waals surface area contributed by atoms with Crippen molar-refractivity contribution in [2.24, 2.45) is 11.8 Å². The number of aromatic nitrogens is 2. The second kappa shape index (κ2) is 6.59. The maximum absolute atomic E-state index is 12.5. The first kappa shape index (κ1) is 16.8. The zero-order valence-electron chi connectivity index (χ0n) is 15.3. The monoisotopic (exact) mass is 352 g/mol. The molecule has 0 spiro atoms. The van der Waals surface area contributed by atoms with Gasteiger partial charge in [0.1, 0.15) is 5.75 Å². The SMILES string of the molecule is COc1ccc2c(c1)[C@H](Nc1ncccn1)[C@@H](C)[C@H](C1CC1)N2C(C)=O. The number of methoxy groups -OCH3 is 1. The Morgan fingerprint density at radius 3 is 2.62 bits per heavy atom. The predicted octanol–water partition coefficient (Wildman–Crippen LogP) is 3.42. The highest BCUT2D eigenvalue weighted by atomic mass is 16.5. The highest BCUT2D eigenvalue weighted by Crippen LogP contribution is 2.50. The van der Waals surface area contributed by atoms with Gasteiger partial charge in [0.25, 0.3) is 0 Å². The van der Waals surface area contributed by atoms with Crippen LogP contribution in [0.2, 0.25) is 0 Å². The first-order chi connectivity index (χ1) is 12.6. The van der Waals surface area contributed by atoms with Gasteiger partial charge in [0.15, 0.2) is 0 Å². The molecule has 4 rings (SSSR count). The number of ether oxygens (including phenoxy) is 1. The lowest BCUT2D eigenvalue weighted by atomic mass is 9.80. The van der Waals surface area contributed by atoms with Crippen molar-refractivity contribution in [1.29, 1.82) is 0 Å². The molecule has 0 unspecified atom stereocenters. The van der Waals surface area contributed by atoms with E-state index in [0.717, 1.165) is 17.0 Å². The fraction of sp³-hybridized carbons (Fsp3) is 0.450. The van der Waals surface area contributed by atoms with Gasteiger partial charge in [-0.2, -0.15) is 0 Å². The van der Waals surface area contributed by atoms with Crippen molar-refractivity contribution < 1.29 is 9.53 Å². The number of hydrogen-bond acceptors (Lipinski definition) is 5. The van der Waals surface area contributed by atoms with E-state index in [4.69, 9.17) is 4.74 Å². The van der Waals surface area contributed by atoms with Gasteiger partial charge in [0, 0.05) is 42.5 Å². The molecule has 1 aliphatic heterocycles. The lowest BCUT2D eigenvalue weighted by Crippen LogP contribution is -2.51. The first-order valence-electron chi connectivity index (χ1n) is 9.11. The molecule has 2 aromatic rings. The van der Waals surface area contributed by atoms with Crippen molar-refractivity contribution in [2.75, 3.05) is 17.3 Å². The van der Waals surface area contributed by atoms with Crippen LogP contribution in [0, 0.1) is 11.8 Å². The molecule has 0 bridgehead atoms. The topological polar surface area (TPSA) is 67.3 Å². The standard InChI is InChI=1S/C20H24N4O2/c1-12-18(23-20-21-9-4-10-22-20)16-11-15(26-3)7-8-17(16)24(13(2)25)19(12)14-5-6-14/h4,7-12,14,18-19H,5-6H2,1-3H3,(H,21,22,23)/t12-,18-,19-/m1/s1. The Kier molecular flexibility index (Phi) is 4.26. The minimum Gasteiger partial charge on any atom is -0.497 e. The number of rotatable bonds is 4. The van der Waals surface area contributed by atoms with E-state index in [1.54, 1.807) is 32.5 Å². The molecule has 6 nitrogen and oxygen atoms in total. The van der Waals surface area contributed by atoms with Gasteiger partial charge in [-0.25, -0.2) is 9.97 Å². The van der Waals surface area contributed by atoms with Gasteiger partial charge < -0.3 is 15.0 Å². The van der Waals surface area contributed by atoms with Crippen LogP contribution in [-0.4, -0.2) is 29.0 Å². The van der Waals surface area contributed by atoms with Crippen LogP contribution >= 0.6 is 0 Å². The van der Waals surface area contributed by atoms with Crippen LogP contribution in [0.3, 0.4) is 0 Å². The maximum atomic E-state index is 12.5. The normalized spacial score (nSPS) is 24.7. The van der Waals surface area contributed by atoms with Gasteiger partial charge in [-0.1, -0.05) is 6.92 Å². The molecule has 1 amide bonds. The Hall–Kier alpha value is -2.63. The molecule has 1 aromatic heterocycles. The van der Waals surface area contributed by atoms with Crippen LogP contribution in [0.1, 0.15) is 38.3 Å². The van der Waals surface area contributed by atoms with Crippen molar-refractivity contribution in [3.63, 3.8) is 0 Å². The van der Waals surface area contributed by atoms with Gasteiger partial charge in [-0.15, -0.1) is 0 Å². The summed E-state index contributed by atoms with van der Waals surface area (Å²) in [6.07, 6.45) is 5.82. The van der Waals surface area contributed by atoms with Gasteiger partial charge in [0.2, 0.25) is 11.9 Å². The summed E-state index contributed by atoms with van der Waals surface area (Å²) in [5, 5.41) is 3.49. The van der Waals surface area contributed by atoms with Crippen LogP contribution < -0.4 is 15.0 Å². The summed E-state index contributed by atoms with van der Waals surface area (Å²) < 4.78 is 5.43. The molecule has 1 fully saturated rings.